The highest BCUT2D eigenvalue weighted by Crippen LogP contribution is 2.19. The average Bonchev–Trinajstić information content (AvgIpc) is 2.79. The van der Waals surface area contributed by atoms with Gasteiger partial charge in [0.2, 0.25) is 5.95 Å². The van der Waals surface area contributed by atoms with Gasteiger partial charge < -0.3 is 10.1 Å². The Morgan fingerprint density at radius 2 is 1.97 bits per heavy atom. The molecule has 2 amide bonds. The van der Waals surface area contributed by atoms with Gasteiger partial charge in [0.25, 0.3) is 5.91 Å². The van der Waals surface area contributed by atoms with Crippen LogP contribution in [-0.4, -0.2) is 52.3 Å². The minimum absolute atomic E-state index is 0.0410. The number of H-pyrrole nitrogens is 1. The van der Waals surface area contributed by atoms with Crippen LogP contribution in [0.1, 0.15) is 18.4 Å². The number of hydrogen-bond acceptors (Lipinski definition) is 8. The molecule has 4 N–H and O–H groups in total. The summed E-state index contributed by atoms with van der Waals surface area (Å²) in [5.74, 6) is -0.530. The average molecular weight is 441 g/mol. The third-order valence-electron chi connectivity index (χ3n) is 4.80. The molecule has 0 saturated carbocycles. The van der Waals surface area contributed by atoms with Crippen molar-refractivity contribution < 1.29 is 19.5 Å². The predicted octanol–water partition coefficient (Wildman–Crippen LogP) is 1.63. The second kappa shape index (κ2) is 9.98. The summed E-state index contributed by atoms with van der Waals surface area (Å²) in [7, 11) is 3.00. The Kier molecular flexibility index (Phi) is 7.13. The Morgan fingerprint density at radius 3 is 2.62 bits per heavy atom. The molecule has 1 heterocycles. The standard InChI is InChI=1S/C21H24N6O5/c1-27(2,21(30)32-15-11-7-4-8-12-15)19-23-18(24-20(29)25-19)22-16(17(28)26-31)13-14-9-5-3-6-10-14/h3,5-7,9-12,16H,4,8,13H2,1-2H3,(H3-,22,23,24,25,26,28,29,31)/p+1. The zero-order valence-electron chi connectivity index (χ0n) is 17.7. The van der Waals surface area contributed by atoms with Crippen LogP contribution in [0.2, 0.25) is 0 Å². The summed E-state index contributed by atoms with van der Waals surface area (Å²) in [6.45, 7) is 0. The highest BCUT2D eigenvalue weighted by atomic mass is 16.6. The number of amides is 2. The molecule has 1 aromatic carbocycles. The SMILES string of the molecule is C[N+](C)(C(=O)OC1=CCCC=C1)c1nc(NC(Cc2ccccc2)C(=O)NO)nc(=O)[nH]1. The molecule has 32 heavy (non-hydrogen) atoms. The topological polar surface area (TPSA) is 146 Å². The first-order valence-corrected chi connectivity index (χ1v) is 9.96. The van der Waals surface area contributed by atoms with Gasteiger partial charge in [0.05, 0.1) is 14.1 Å². The summed E-state index contributed by atoms with van der Waals surface area (Å²) in [5, 5.41) is 11.9. The van der Waals surface area contributed by atoms with E-state index < -0.39 is 28.2 Å². The fraction of sp³-hybridized carbons (Fsp3) is 0.286. The van der Waals surface area contributed by atoms with Crippen molar-refractivity contribution in [2.45, 2.75) is 25.3 Å². The summed E-state index contributed by atoms with van der Waals surface area (Å²) < 4.78 is 4.88. The monoisotopic (exact) mass is 441 g/mol. The van der Waals surface area contributed by atoms with Crippen molar-refractivity contribution in [3.05, 3.63) is 70.4 Å². The third kappa shape index (κ3) is 5.65. The van der Waals surface area contributed by atoms with Gasteiger partial charge >= 0.3 is 17.7 Å². The van der Waals surface area contributed by atoms with E-state index in [1.807, 2.05) is 36.4 Å². The summed E-state index contributed by atoms with van der Waals surface area (Å²) in [5.41, 5.74) is 1.64. The van der Waals surface area contributed by atoms with Crippen molar-refractivity contribution in [2.75, 3.05) is 19.4 Å². The van der Waals surface area contributed by atoms with Gasteiger partial charge in [-0.05, 0) is 30.6 Å². The highest BCUT2D eigenvalue weighted by Gasteiger charge is 2.36. The Hall–Kier alpha value is -3.83. The van der Waals surface area contributed by atoms with E-state index in [9.17, 15) is 14.4 Å². The number of carbonyl (C=O) groups is 2. The van der Waals surface area contributed by atoms with E-state index in [2.05, 4.69) is 20.3 Å². The third-order valence-corrected chi connectivity index (χ3v) is 4.80. The van der Waals surface area contributed by atoms with Crippen LogP contribution in [0.15, 0.2) is 59.1 Å². The van der Waals surface area contributed by atoms with E-state index >= 15 is 0 Å². The summed E-state index contributed by atoms with van der Waals surface area (Å²) in [4.78, 5) is 47.5. The van der Waals surface area contributed by atoms with Crippen LogP contribution in [0.5, 0.6) is 0 Å². The number of hydrogen-bond donors (Lipinski definition) is 4. The molecule has 0 aliphatic heterocycles. The second-order valence-corrected chi connectivity index (χ2v) is 7.57. The van der Waals surface area contributed by atoms with Crippen LogP contribution in [0.3, 0.4) is 0 Å². The molecule has 0 saturated heterocycles. The summed E-state index contributed by atoms with van der Waals surface area (Å²) >= 11 is 0. The molecule has 1 aliphatic rings. The Balaban J connectivity index is 1.83. The zero-order chi connectivity index (χ0) is 23.1. The maximum Gasteiger partial charge on any atom is 0.528 e. The van der Waals surface area contributed by atoms with Crippen LogP contribution in [-0.2, 0) is 16.0 Å². The summed E-state index contributed by atoms with van der Waals surface area (Å²) in [6.07, 6.45) is 6.57. The number of ether oxygens (including phenoxy) is 1. The molecule has 1 unspecified atom stereocenters. The molecule has 2 aromatic rings. The maximum absolute atomic E-state index is 12.7. The van der Waals surface area contributed by atoms with E-state index in [1.165, 1.54) is 14.1 Å². The quantitative estimate of drug-likeness (QED) is 0.288. The van der Waals surface area contributed by atoms with Gasteiger partial charge in [0.15, 0.2) is 0 Å². The van der Waals surface area contributed by atoms with E-state index in [1.54, 1.807) is 17.6 Å². The number of benzene rings is 1. The molecular formula is C21H25N6O5+. The summed E-state index contributed by atoms with van der Waals surface area (Å²) in [6, 6.07) is 8.11. The molecule has 11 heteroatoms. The van der Waals surface area contributed by atoms with Crippen molar-refractivity contribution >= 4 is 23.9 Å². The van der Waals surface area contributed by atoms with Gasteiger partial charge in [-0.15, -0.1) is 4.98 Å². The van der Waals surface area contributed by atoms with E-state index in [4.69, 9.17) is 9.94 Å². The minimum atomic E-state index is -0.975. The van der Waals surface area contributed by atoms with Crippen LogP contribution in [0.4, 0.5) is 16.7 Å². The number of rotatable bonds is 7. The molecule has 1 aromatic heterocycles. The van der Waals surface area contributed by atoms with Crippen LogP contribution in [0, 0.1) is 0 Å². The molecule has 0 bridgehead atoms. The van der Waals surface area contributed by atoms with Gasteiger partial charge in [0, 0.05) is 6.42 Å². The number of nitrogens with zero attached hydrogens (tertiary/aromatic N) is 3. The Labute approximate surface area is 184 Å². The Bertz CT molecular complexity index is 1090. The van der Waals surface area contributed by atoms with Crippen LogP contribution < -0.4 is 21.0 Å². The highest BCUT2D eigenvalue weighted by molar-refractivity contribution is 5.83. The maximum atomic E-state index is 12.7. The number of quaternary nitrogens is 1. The molecule has 1 atom stereocenters. The zero-order valence-corrected chi connectivity index (χ0v) is 17.7. The second-order valence-electron chi connectivity index (χ2n) is 7.57. The minimum Gasteiger partial charge on any atom is -0.381 e. The lowest BCUT2D eigenvalue weighted by molar-refractivity contribution is -0.130. The molecule has 0 fully saturated rings. The lowest BCUT2D eigenvalue weighted by Crippen LogP contribution is -2.49. The van der Waals surface area contributed by atoms with Gasteiger partial charge in [-0.3, -0.25) is 10.0 Å². The molecule has 3 rings (SSSR count). The van der Waals surface area contributed by atoms with E-state index in [-0.39, 0.29) is 18.3 Å². The van der Waals surface area contributed by atoms with Gasteiger partial charge in [-0.25, -0.2) is 15.3 Å². The largest absolute Gasteiger partial charge is 0.528 e. The first kappa shape index (κ1) is 22.8. The van der Waals surface area contributed by atoms with Gasteiger partial charge in [-0.2, -0.15) is 14.3 Å². The fourth-order valence-electron chi connectivity index (χ4n) is 2.96. The van der Waals surface area contributed by atoms with Crippen LogP contribution >= 0.6 is 0 Å². The molecule has 168 valence electrons. The van der Waals surface area contributed by atoms with Gasteiger partial charge in [0.1, 0.15) is 11.8 Å². The molecule has 11 nitrogen and oxygen atoms in total. The van der Waals surface area contributed by atoms with Crippen molar-refractivity contribution in [1.82, 2.24) is 24.9 Å². The fourth-order valence-corrected chi connectivity index (χ4v) is 2.96. The molecule has 0 spiro atoms. The van der Waals surface area contributed by atoms with Crippen LogP contribution in [0.25, 0.3) is 0 Å². The van der Waals surface area contributed by atoms with Gasteiger partial charge in [-0.1, -0.05) is 36.4 Å². The number of hydroxylamine groups is 1. The first-order chi connectivity index (χ1) is 15.3. The van der Waals surface area contributed by atoms with Crippen molar-refractivity contribution in [3.8, 4) is 0 Å². The first-order valence-electron chi connectivity index (χ1n) is 9.96. The number of aromatic nitrogens is 3. The molecule has 0 radical (unpaired) electrons. The number of carbonyl (C=O) groups excluding carboxylic acids is 2. The lowest BCUT2D eigenvalue weighted by atomic mass is 10.1. The molecular weight excluding hydrogens is 416 g/mol. The normalized spacial score (nSPS) is 14.3. The Morgan fingerprint density at radius 1 is 1.22 bits per heavy atom. The number of anilines is 1. The number of nitrogens with one attached hydrogen (secondary N) is 3. The van der Waals surface area contributed by atoms with Crippen molar-refractivity contribution in [1.29, 1.82) is 0 Å². The smallest absolute Gasteiger partial charge is 0.381 e. The van der Waals surface area contributed by atoms with Crippen molar-refractivity contribution in [3.63, 3.8) is 0 Å². The van der Waals surface area contributed by atoms with E-state index in [0.29, 0.717) is 5.76 Å². The molecule has 1 aliphatic carbocycles. The predicted molar refractivity (Wildman–Crippen MR) is 117 cm³/mol. The lowest BCUT2D eigenvalue weighted by Gasteiger charge is -2.23. The number of allylic oxidation sites excluding steroid dienone is 3. The van der Waals surface area contributed by atoms with Crippen molar-refractivity contribution in [2.24, 2.45) is 0 Å². The van der Waals surface area contributed by atoms with E-state index in [0.717, 1.165) is 18.4 Å². The number of aromatic amines is 1.